The number of amides is 2. The molecule has 6 rings (SSSR count). The molecule has 0 radical (unpaired) electrons. The Bertz CT molecular complexity index is 1190. The summed E-state index contributed by atoms with van der Waals surface area (Å²) < 4.78 is 14.1. The highest BCUT2D eigenvalue weighted by molar-refractivity contribution is 7.22. The van der Waals surface area contributed by atoms with Crippen LogP contribution in [-0.4, -0.2) is 21.8 Å². The molecule has 4 unspecified atom stereocenters. The van der Waals surface area contributed by atoms with Crippen LogP contribution in [0.5, 0.6) is 0 Å². The van der Waals surface area contributed by atoms with Crippen LogP contribution in [0.3, 0.4) is 0 Å². The number of thiazole rings is 1. The molecule has 3 aromatic rings. The van der Waals surface area contributed by atoms with Gasteiger partial charge in [-0.15, -0.1) is 0 Å². The molecule has 1 aliphatic heterocycles. The number of fused-ring (bicyclic) bond motifs is 6. The Morgan fingerprint density at radius 1 is 1.03 bits per heavy atom. The Balaban J connectivity index is 1.32. The highest BCUT2D eigenvalue weighted by Crippen LogP contribution is 2.53. The summed E-state index contributed by atoms with van der Waals surface area (Å²) in [6.07, 6.45) is 5.07. The maximum Gasteiger partial charge on any atom is 0.240 e. The lowest BCUT2D eigenvalue weighted by Crippen LogP contribution is -2.32. The number of anilines is 3. The summed E-state index contributed by atoms with van der Waals surface area (Å²) in [6, 6.07) is 10.0. The zero-order valence-electron chi connectivity index (χ0n) is 15.1. The van der Waals surface area contributed by atoms with Crippen LogP contribution in [0.2, 0.25) is 0 Å². The van der Waals surface area contributed by atoms with Gasteiger partial charge in [-0.05, 0) is 48.6 Å². The van der Waals surface area contributed by atoms with Gasteiger partial charge in [-0.3, -0.25) is 9.59 Å². The SMILES string of the molecule is O=C1C2C3C=CC(C3)C2C(=O)N1c1nc2ccc(Nc3cccc(F)n3)cc2s1. The highest BCUT2D eigenvalue weighted by Gasteiger charge is 2.60. The van der Waals surface area contributed by atoms with Gasteiger partial charge in [0.25, 0.3) is 0 Å². The molecule has 1 aromatic carbocycles. The van der Waals surface area contributed by atoms with Gasteiger partial charge in [-0.1, -0.05) is 29.6 Å². The van der Waals surface area contributed by atoms with Crippen molar-refractivity contribution in [3.05, 3.63) is 54.5 Å². The molecule has 144 valence electrons. The summed E-state index contributed by atoms with van der Waals surface area (Å²) in [5.41, 5.74) is 1.44. The first-order chi connectivity index (χ1) is 14.1. The van der Waals surface area contributed by atoms with Crippen molar-refractivity contribution in [1.82, 2.24) is 9.97 Å². The molecule has 0 spiro atoms. The van der Waals surface area contributed by atoms with Crippen LogP contribution >= 0.6 is 11.3 Å². The van der Waals surface area contributed by atoms with E-state index in [0.717, 1.165) is 16.8 Å². The van der Waals surface area contributed by atoms with E-state index in [2.05, 4.69) is 27.4 Å². The van der Waals surface area contributed by atoms with E-state index in [0.29, 0.717) is 16.5 Å². The standard InChI is InChI=1S/C21H15FN4O2S/c22-15-2-1-3-16(25-15)23-12-6-7-13-14(9-12)29-21(24-13)26-19(27)17-10-4-5-11(8-10)18(17)20(26)28/h1-7,9-11,17-18H,8H2,(H,23,25). The van der Waals surface area contributed by atoms with Gasteiger partial charge in [-0.25, -0.2) is 14.9 Å². The molecule has 1 N–H and O–H groups in total. The number of carbonyl (C=O) groups is 2. The van der Waals surface area contributed by atoms with Gasteiger partial charge in [0.2, 0.25) is 17.8 Å². The smallest absolute Gasteiger partial charge is 0.240 e. The van der Waals surface area contributed by atoms with E-state index in [1.165, 1.54) is 22.3 Å². The first-order valence-corrected chi connectivity index (χ1v) is 10.3. The molecule has 29 heavy (non-hydrogen) atoms. The van der Waals surface area contributed by atoms with Crippen molar-refractivity contribution in [2.24, 2.45) is 23.7 Å². The number of allylic oxidation sites excluding steroid dienone is 2. The second-order valence-corrected chi connectivity index (χ2v) is 8.67. The Kier molecular flexibility index (Phi) is 3.44. The van der Waals surface area contributed by atoms with Crippen LogP contribution in [0, 0.1) is 29.6 Å². The monoisotopic (exact) mass is 406 g/mol. The summed E-state index contributed by atoms with van der Waals surface area (Å²) in [5.74, 6) is -0.533. The van der Waals surface area contributed by atoms with Crippen molar-refractivity contribution in [3.63, 3.8) is 0 Å². The van der Waals surface area contributed by atoms with Crippen LogP contribution in [0.15, 0.2) is 48.6 Å². The maximum atomic E-state index is 13.3. The van der Waals surface area contributed by atoms with Gasteiger partial charge >= 0.3 is 0 Å². The largest absolute Gasteiger partial charge is 0.340 e. The number of pyridine rings is 1. The number of benzene rings is 1. The summed E-state index contributed by atoms with van der Waals surface area (Å²) in [6.45, 7) is 0. The minimum Gasteiger partial charge on any atom is -0.340 e. The van der Waals surface area contributed by atoms with Gasteiger partial charge in [0.1, 0.15) is 5.82 Å². The number of nitrogens with zero attached hydrogens (tertiary/aromatic N) is 3. The quantitative estimate of drug-likeness (QED) is 0.406. The molecule has 2 fully saturated rings. The average molecular weight is 406 g/mol. The molecule has 4 atom stereocenters. The van der Waals surface area contributed by atoms with Gasteiger partial charge in [-0.2, -0.15) is 4.39 Å². The average Bonchev–Trinajstić information content (AvgIpc) is 3.44. The zero-order chi connectivity index (χ0) is 19.7. The first-order valence-electron chi connectivity index (χ1n) is 9.45. The van der Waals surface area contributed by atoms with Crippen molar-refractivity contribution in [1.29, 1.82) is 0 Å². The molecular formula is C21H15FN4O2S. The number of rotatable bonds is 3. The summed E-state index contributed by atoms with van der Waals surface area (Å²) in [5, 5.41) is 3.48. The van der Waals surface area contributed by atoms with E-state index in [1.54, 1.807) is 12.1 Å². The van der Waals surface area contributed by atoms with E-state index < -0.39 is 5.95 Å². The summed E-state index contributed by atoms with van der Waals surface area (Å²) >= 11 is 1.31. The van der Waals surface area contributed by atoms with Crippen molar-refractivity contribution >= 4 is 50.0 Å². The molecule has 3 heterocycles. The molecule has 2 aromatic heterocycles. The highest BCUT2D eigenvalue weighted by atomic mass is 32.1. The molecular weight excluding hydrogens is 391 g/mol. The second-order valence-electron chi connectivity index (χ2n) is 7.66. The van der Waals surface area contributed by atoms with Crippen molar-refractivity contribution < 1.29 is 14.0 Å². The lowest BCUT2D eigenvalue weighted by molar-refractivity contribution is -0.123. The fraction of sp³-hybridized carbons (Fsp3) is 0.238. The molecule has 2 aliphatic carbocycles. The third-order valence-corrected chi connectivity index (χ3v) is 7.03. The maximum absolute atomic E-state index is 13.3. The first kappa shape index (κ1) is 16.8. The van der Waals surface area contributed by atoms with Gasteiger partial charge < -0.3 is 5.32 Å². The topological polar surface area (TPSA) is 75.2 Å². The molecule has 3 aliphatic rings. The summed E-state index contributed by atoms with van der Waals surface area (Å²) in [7, 11) is 0. The second kappa shape index (κ2) is 5.93. The molecule has 2 bridgehead atoms. The number of imide groups is 1. The Morgan fingerprint density at radius 2 is 1.79 bits per heavy atom. The number of nitrogens with one attached hydrogen (secondary N) is 1. The minimum absolute atomic E-state index is 0.127. The van der Waals surface area contributed by atoms with Gasteiger partial charge in [0, 0.05) is 5.69 Å². The normalized spacial score (nSPS) is 27.3. The van der Waals surface area contributed by atoms with E-state index in [1.807, 2.05) is 18.2 Å². The molecule has 1 saturated heterocycles. The third kappa shape index (κ3) is 2.45. The van der Waals surface area contributed by atoms with Crippen LogP contribution in [0.25, 0.3) is 10.2 Å². The predicted octanol–water partition coefficient (Wildman–Crippen LogP) is 3.89. The van der Waals surface area contributed by atoms with Crippen molar-refractivity contribution in [3.8, 4) is 0 Å². The molecule has 6 nitrogen and oxygen atoms in total. The fourth-order valence-electron chi connectivity index (χ4n) is 4.80. The number of carbonyl (C=O) groups excluding carboxylic acids is 2. The Labute approximate surface area is 169 Å². The number of aromatic nitrogens is 2. The van der Waals surface area contributed by atoms with Crippen molar-refractivity contribution in [2.75, 3.05) is 10.2 Å². The molecule has 1 saturated carbocycles. The minimum atomic E-state index is -0.559. The molecule has 2 amide bonds. The lowest BCUT2D eigenvalue weighted by atomic mass is 9.85. The summed E-state index contributed by atoms with van der Waals surface area (Å²) in [4.78, 5) is 35.6. The Morgan fingerprint density at radius 3 is 2.52 bits per heavy atom. The number of hydrogen-bond acceptors (Lipinski definition) is 6. The molecule has 8 heteroatoms. The van der Waals surface area contributed by atoms with Crippen LogP contribution in [0.1, 0.15) is 6.42 Å². The van der Waals surface area contributed by atoms with E-state index in [9.17, 15) is 14.0 Å². The predicted molar refractivity (Wildman–Crippen MR) is 107 cm³/mol. The van der Waals surface area contributed by atoms with Crippen LogP contribution < -0.4 is 10.2 Å². The van der Waals surface area contributed by atoms with Gasteiger partial charge in [0.05, 0.1) is 22.1 Å². The van der Waals surface area contributed by atoms with Crippen LogP contribution in [-0.2, 0) is 9.59 Å². The third-order valence-electron chi connectivity index (χ3n) is 6.03. The number of hydrogen-bond donors (Lipinski definition) is 1. The van der Waals surface area contributed by atoms with Gasteiger partial charge in [0.15, 0.2) is 5.13 Å². The van der Waals surface area contributed by atoms with E-state index >= 15 is 0 Å². The number of halogens is 1. The lowest BCUT2D eigenvalue weighted by Gasteiger charge is -2.14. The van der Waals surface area contributed by atoms with Crippen LogP contribution in [0.4, 0.5) is 21.0 Å². The van der Waals surface area contributed by atoms with E-state index in [-0.39, 0.29) is 35.5 Å². The van der Waals surface area contributed by atoms with Crippen molar-refractivity contribution in [2.45, 2.75) is 6.42 Å². The Hall–Kier alpha value is -3.13. The zero-order valence-corrected chi connectivity index (χ0v) is 15.9. The van der Waals surface area contributed by atoms with E-state index in [4.69, 9.17) is 0 Å². The fourth-order valence-corrected chi connectivity index (χ4v) is 5.82.